The van der Waals surface area contributed by atoms with Gasteiger partial charge in [0.05, 0.1) is 11.6 Å². The fourth-order valence-electron chi connectivity index (χ4n) is 1.64. The zero-order valence-electron chi connectivity index (χ0n) is 10.1. The highest BCUT2D eigenvalue weighted by Crippen LogP contribution is 2.20. The third kappa shape index (κ3) is 2.56. The van der Waals surface area contributed by atoms with Crippen LogP contribution in [0.5, 0.6) is 0 Å². The van der Waals surface area contributed by atoms with Crippen molar-refractivity contribution in [3.63, 3.8) is 0 Å². The van der Waals surface area contributed by atoms with Crippen molar-refractivity contribution in [1.82, 2.24) is 9.88 Å². The minimum absolute atomic E-state index is 0.125. The summed E-state index contributed by atoms with van der Waals surface area (Å²) in [5, 5.41) is 1.72. The van der Waals surface area contributed by atoms with E-state index >= 15 is 0 Å². The van der Waals surface area contributed by atoms with E-state index in [1.54, 1.807) is 35.0 Å². The number of thiazole rings is 1. The molecule has 1 unspecified atom stereocenters. The van der Waals surface area contributed by atoms with Gasteiger partial charge in [0.15, 0.2) is 0 Å². The van der Waals surface area contributed by atoms with Gasteiger partial charge in [0, 0.05) is 12.4 Å². The number of hydrogen-bond donors (Lipinski definition) is 0. The minimum atomic E-state index is -0.278. The predicted octanol–water partition coefficient (Wildman–Crippen LogP) is 3.12. The lowest BCUT2D eigenvalue weighted by atomic mass is 10.1. The van der Waals surface area contributed by atoms with Crippen LogP contribution in [-0.4, -0.2) is 22.8 Å². The number of carbonyl (C=O) groups excluding carboxylic acids is 1. The minimum Gasteiger partial charge on any atom is -0.334 e. The Bertz CT molecular complexity index is 524. The summed E-state index contributed by atoms with van der Waals surface area (Å²) in [6, 6.07) is 6.04. The fourth-order valence-corrected chi connectivity index (χ4v) is 2.17. The Morgan fingerprint density at radius 2 is 2.06 bits per heavy atom. The molecule has 0 N–H and O–H groups in total. The van der Waals surface area contributed by atoms with E-state index < -0.39 is 0 Å². The van der Waals surface area contributed by atoms with Gasteiger partial charge in [-0.3, -0.25) is 4.79 Å². The van der Waals surface area contributed by atoms with Crippen LogP contribution in [0.15, 0.2) is 35.2 Å². The molecule has 0 aliphatic heterocycles. The summed E-state index contributed by atoms with van der Waals surface area (Å²) < 4.78 is 12.8. The largest absolute Gasteiger partial charge is 0.334 e. The molecule has 2 aromatic rings. The van der Waals surface area contributed by atoms with Gasteiger partial charge in [-0.1, -0.05) is 12.1 Å². The third-order valence-corrected chi connectivity index (χ3v) is 3.49. The van der Waals surface area contributed by atoms with Crippen LogP contribution in [0.3, 0.4) is 0 Å². The number of hydrogen-bond acceptors (Lipinski definition) is 3. The molecule has 0 saturated carbocycles. The van der Waals surface area contributed by atoms with Crippen LogP contribution in [0.25, 0.3) is 0 Å². The van der Waals surface area contributed by atoms with E-state index in [2.05, 4.69) is 4.98 Å². The first-order valence-corrected chi connectivity index (χ1v) is 6.44. The van der Waals surface area contributed by atoms with Gasteiger partial charge >= 0.3 is 0 Å². The van der Waals surface area contributed by atoms with Gasteiger partial charge in [0.25, 0.3) is 5.91 Å². The average molecular weight is 264 g/mol. The molecule has 0 fully saturated rings. The lowest BCUT2D eigenvalue weighted by Crippen LogP contribution is -2.29. The van der Waals surface area contributed by atoms with Gasteiger partial charge in [0.2, 0.25) is 0 Å². The normalized spacial score (nSPS) is 12.2. The summed E-state index contributed by atoms with van der Waals surface area (Å²) in [7, 11) is 1.72. The van der Waals surface area contributed by atoms with Crippen LogP contribution in [0.2, 0.25) is 0 Å². The molecule has 0 bridgehead atoms. The highest BCUT2D eigenvalue weighted by atomic mass is 32.1. The zero-order valence-corrected chi connectivity index (χ0v) is 10.9. The highest BCUT2D eigenvalue weighted by Gasteiger charge is 2.20. The van der Waals surface area contributed by atoms with Crippen molar-refractivity contribution in [2.24, 2.45) is 0 Å². The van der Waals surface area contributed by atoms with Gasteiger partial charge < -0.3 is 4.90 Å². The molecule has 94 valence electrons. The zero-order chi connectivity index (χ0) is 13.1. The molecule has 1 heterocycles. The van der Waals surface area contributed by atoms with Crippen LogP contribution >= 0.6 is 11.3 Å². The van der Waals surface area contributed by atoms with E-state index in [4.69, 9.17) is 0 Å². The molecular formula is C13H13FN2OS. The smallest absolute Gasteiger partial charge is 0.273 e. The van der Waals surface area contributed by atoms with Crippen LogP contribution in [-0.2, 0) is 0 Å². The van der Waals surface area contributed by atoms with E-state index in [0.717, 1.165) is 5.56 Å². The second kappa shape index (κ2) is 5.27. The average Bonchev–Trinajstić information content (AvgIpc) is 2.91. The molecule has 18 heavy (non-hydrogen) atoms. The van der Waals surface area contributed by atoms with Gasteiger partial charge in [-0.25, -0.2) is 9.37 Å². The van der Waals surface area contributed by atoms with Gasteiger partial charge in [-0.2, -0.15) is 0 Å². The molecule has 2 rings (SSSR count). The van der Waals surface area contributed by atoms with Crippen LogP contribution in [0.4, 0.5) is 4.39 Å². The van der Waals surface area contributed by atoms with Crippen LogP contribution in [0, 0.1) is 5.82 Å². The molecular weight excluding hydrogens is 251 g/mol. The second-order valence-corrected chi connectivity index (χ2v) is 4.74. The molecule has 0 spiro atoms. The first-order valence-electron chi connectivity index (χ1n) is 5.50. The van der Waals surface area contributed by atoms with Gasteiger partial charge in [0.1, 0.15) is 11.5 Å². The van der Waals surface area contributed by atoms with E-state index in [1.165, 1.54) is 23.5 Å². The van der Waals surface area contributed by atoms with Crippen molar-refractivity contribution in [3.8, 4) is 0 Å². The lowest BCUT2D eigenvalue weighted by molar-refractivity contribution is 0.0737. The van der Waals surface area contributed by atoms with E-state index in [1.807, 2.05) is 6.92 Å². The predicted molar refractivity (Wildman–Crippen MR) is 69.0 cm³/mol. The summed E-state index contributed by atoms with van der Waals surface area (Å²) in [5.41, 5.74) is 2.96. The Morgan fingerprint density at radius 1 is 1.39 bits per heavy atom. The first-order chi connectivity index (χ1) is 8.59. The SMILES string of the molecule is CC(c1ccc(F)cc1)N(C)C(=O)c1cscn1. The molecule has 1 aromatic heterocycles. The summed E-state index contributed by atoms with van der Waals surface area (Å²) in [6.07, 6.45) is 0. The molecule has 0 aliphatic carbocycles. The maximum absolute atomic E-state index is 12.8. The lowest BCUT2D eigenvalue weighted by Gasteiger charge is -2.24. The number of amides is 1. The van der Waals surface area contributed by atoms with Crippen molar-refractivity contribution in [2.45, 2.75) is 13.0 Å². The summed E-state index contributed by atoms with van der Waals surface area (Å²) >= 11 is 1.39. The Hall–Kier alpha value is -1.75. The molecule has 0 saturated heterocycles. The number of rotatable bonds is 3. The summed E-state index contributed by atoms with van der Waals surface area (Å²) in [4.78, 5) is 17.7. The Morgan fingerprint density at radius 3 is 2.61 bits per heavy atom. The van der Waals surface area contributed by atoms with Crippen LogP contribution < -0.4 is 0 Å². The molecule has 5 heteroatoms. The molecule has 1 amide bonds. The monoisotopic (exact) mass is 264 g/mol. The van der Waals surface area contributed by atoms with E-state index in [0.29, 0.717) is 5.69 Å². The molecule has 1 atom stereocenters. The van der Waals surface area contributed by atoms with Crippen LogP contribution in [0.1, 0.15) is 29.0 Å². The number of halogens is 1. The number of carbonyl (C=O) groups is 1. The number of aromatic nitrogens is 1. The number of nitrogens with zero attached hydrogens (tertiary/aromatic N) is 2. The van der Waals surface area contributed by atoms with Crippen molar-refractivity contribution in [1.29, 1.82) is 0 Å². The maximum atomic E-state index is 12.8. The molecule has 0 aliphatic rings. The van der Waals surface area contributed by atoms with Gasteiger partial charge in [-0.05, 0) is 24.6 Å². The Kier molecular flexibility index (Phi) is 3.72. The molecule has 1 aromatic carbocycles. The maximum Gasteiger partial charge on any atom is 0.273 e. The fraction of sp³-hybridized carbons (Fsp3) is 0.231. The standard InChI is InChI=1S/C13H13FN2OS/c1-9(10-3-5-11(14)6-4-10)16(2)13(17)12-7-18-8-15-12/h3-9H,1-2H3. The quantitative estimate of drug-likeness (QED) is 0.853. The van der Waals surface area contributed by atoms with Crippen molar-refractivity contribution in [3.05, 3.63) is 52.2 Å². The highest BCUT2D eigenvalue weighted by molar-refractivity contribution is 7.07. The van der Waals surface area contributed by atoms with Crippen molar-refractivity contribution < 1.29 is 9.18 Å². The summed E-state index contributed by atoms with van der Waals surface area (Å²) in [5.74, 6) is -0.410. The molecule has 3 nitrogen and oxygen atoms in total. The third-order valence-electron chi connectivity index (χ3n) is 2.91. The Balaban J connectivity index is 2.16. The number of benzene rings is 1. The Labute approximate surface area is 109 Å². The van der Waals surface area contributed by atoms with Crippen molar-refractivity contribution in [2.75, 3.05) is 7.05 Å². The van der Waals surface area contributed by atoms with E-state index in [-0.39, 0.29) is 17.8 Å². The van der Waals surface area contributed by atoms with Crippen molar-refractivity contribution >= 4 is 17.2 Å². The topological polar surface area (TPSA) is 33.2 Å². The first kappa shape index (κ1) is 12.7. The summed E-state index contributed by atoms with van der Waals surface area (Å²) in [6.45, 7) is 1.90. The van der Waals surface area contributed by atoms with E-state index in [9.17, 15) is 9.18 Å². The van der Waals surface area contributed by atoms with Gasteiger partial charge in [-0.15, -0.1) is 11.3 Å². The second-order valence-electron chi connectivity index (χ2n) is 4.02. The molecule has 0 radical (unpaired) electrons.